The van der Waals surface area contributed by atoms with Gasteiger partial charge in [-0.25, -0.2) is 17.9 Å². The molecule has 1 amide bonds. The summed E-state index contributed by atoms with van der Waals surface area (Å²) in [5.41, 5.74) is 0. The first kappa shape index (κ1) is 14.9. The highest BCUT2D eigenvalue weighted by atomic mass is 32.2. The minimum atomic E-state index is -3.44. The van der Waals surface area contributed by atoms with Gasteiger partial charge in [0.05, 0.1) is 12.3 Å². The van der Waals surface area contributed by atoms with Crippen LogP contribution in [0.3, 0.4) is 0 Å². The molecule has 1 fully saturated rings. The van der Waals surface area contributed by atoms with Gasteiger partial charge in [0.1, 0.15) is 6.04 Å². The van der Waals surface area contributed by atoms with Crippen molar-refractivity contribution >= 4 is 21.9 Å². The molecule has 1 rings (SSSR count). The normalized spacial score (nSPS) is 17.2. The van der Waals surface area contributed by atoms with Crippen LogP contribution in [0, 0.1) is 0 Å². The Bertz CT molecular complexity index is 430. The molecular weight excluding hydrogens is 260 g/mol. The number of carbonyl (C=O) groups excluding carboxylic acids is 1. The van der Waals surface area contributed by atoms with Crippen molar-refractivity contribution in [3.05, 3.63) is 0 Å². The molecule has 8 heteroatoms. The molecule has 0 heterocycles. The fourth-order valence-electron chi connectivity index (χ4n) is 1.57. The Morgan fingerprint density at radius 3 is 2.39 bits per heavy atom. The van der Waals surface area contributed by atoms with Crippen LogP contribution in [0.1, 0.15) is 26.7 Å². The molecule has 1 aliphatic carbocycles. The van der Waals surface area contributed by atoms with Crippen LogP contribution in [0.25, 0.3) is 0 Å². The first-order valence-electron chi connectivity index (χ1n) is 5.79. The van der Waals surface area contributed by atoms with Crippen molar-refractivity contribution < 1.29 is 23.1 Å². The summed E-state index contributed by atoms with van der Waals surface area (Å²) in [6.45, 7) is 2.50. The van der Waals surface area contributed by atoms with Crippen molar-refractivity contribution in [1.29, 1.82) is 0 Å². The molecule has 0 aliphatic heterocycles. The van der Waals surface area contributed by atoms with Crippen molar-refractivity contribution in [3.63, 3.8) is 0 Å². The Morgan fingerprint density at radius 2 is 2.00 bits per heavy atom. The molecule has 7 nitrogen and oxygen atoms in total. The van der Waals surface area contributed by atoms with E-state index in [4.69, 9.17) is 5.11 Å². The van der Waals surface area contributed by atoms with Crippen LogP contribution < -0.4 is 4.72 Å². The van der Waals surface area contributed by atoms with Crippen LogP contribution in [-0.4, -0.2) is 54.7 Å². The summed E-state index contributed by atoms with van der Waals surface area (Å²) >= 11 is 0. The third kappa shape index (κ3) is 3.95. The van der Waals surface area contributed by atoms with E-state index in [1.54, 1.807) is 0 Å². The number of sulfonamides is 1. The van der Waals surface area contributed by atoms with E-state index in [2.05, 4.69) is 4.72 Å². The van der Waals surface area contributed by atoms with Crippen LogP contribution in [0.4, 0.5) is 0 Å². The molecular formula is C10H18N2O5S. The minimum absolute atomic E-state index is 0.0743. The van der Waals surface area contributed by atoms with Gasteiger partial charge in [-0.3, -0.25) is 4.79 Å². The molecule has 0 aromatic heterocycles. The van der Waals surface area contributed by atoms with Crippen molar-refractivity contribution in [1.82, 2.24) is 9.62 Å². The average molecular weight is 278 g/mol. The molecule has 1 unspecified atom stereocenters. The number of hydrogen-bond acceptors (Lipinski definition) is 4. The Balaban J connectivity index is 2.64. The first-order valence-corrected chi connectivity index (χ1v) is 7.45. The lowest BCUT2D eigenvalue weighted by Crippen LogP contribution is -2.48. The van der Waals surface area contributed by atoms with Crippen molar-refractivity contribution in [2.24, 2.45) is 0 Å². The predicted octanol–water partition coefficient (Wildman–Crippen LogP) is -0.610. The second-order valence-corrected chi connectivity index (χ2v) is 6.37. The van der Waals surface area contributed by atoms with E-state index in [1.165, 1.54) is 18.7 Å². The van der Waals surface area contributed by atoms with E-state index < -0.39 is 27.9 Å². The number of rotatable bonds is 7. The van der Waals surface area contributed by atoms with Gasteiger partial charge in [-0.15, -0.1) is 0 Å². The van der Waals surface area contributed by atoms with Gasteiger partial charge in [-0.1, -0.05) is 0 Å². The lowest BCUT2D eigenvalue weighted by Gasteiger charge is -2.26. The zero-order valence-electron chi connectivity index (χ0n) is 10.4. The summed E-state index contributed by atoms with van der Waals surface area (Å²) in [7, 11) is -3.44. The van der Waals surface area contributed by atoms with E-state index in [9.17, 15) is 18.0 Å². The Labute approximate surface area is 106 Å². The highest BCUT2D eigenvalue weighted by molar-refractivity contribution is 7.89. The van der Waals surface area contributed by atoms with Gasteiger partial charge in [0.2, 0.25) is 15.9 Å². The second-order valence-electron chi connectivity index (χ2n) is 4.27. The SMILES string of the molecule is CCS(=O)(=O)NCC(=O)N(C1CC1)C(C)C(=O)O. The lowest BCUT2D eigenvalue weighted by atomic mass is 10.2. The Hall–Kier alpha value is -1.15. The predicted molar refractivity (Wildman–Crippen MR) is 64.4 cm³/mol. The highest BCUT2D eigenvalue weighted by Gasteiger charge is 2.38. The molecule has 0 saturated heterocycles. The molecule has 0 bridgehead atoms. The summed E-state index contributed by atoms with van der Waals surface area (Å²) in [6, 6.07) is -1.01. The number of nitrogens with one attached hydrogen (secondary N) is 1. The maximum atomic E-state index is 11.9. The van der Waals surface area contributed by atoms with Gasteiger partial charge in [-0.05, 0) is 26.7 Å². The van der Waals surface area contributed by atoms with Gasteiger partial charge in [0.15, 0.2) is 0 Å². The summed E-state index contributed by atoms with van der Waals surface area (Å²) < 4.78 is 24.6. The first-order chi connectivity index (χ1) is 8.28. The lowest BCUT2D eigenvalue weighted by molar-refractivity contribution is -0.149. The van der Waals surface area contributed by atoms with E-state index >= 15 is 0 Å². The van der Waals surface area contributed by atoms with Crippen LogP contribution >= 0.6 is 0 Å². The van der Waals surface area contributed by atoms with Crippen molar-refractivity contribution in [3.8, 4) is 0 Å². The topological polar surface area (TPSA) is 104 Å². The van der Waals surface area contributed by atoms with Crippen LogP contribution in [0.5, 0.6) is 0 Å². The van der Waals surface area contributed by atoms with Gasteiger partial charge in [-0.2, -0.15) is 0 Å². The van der Waals surface area contributed by atoms with Crippen LogP contribution in [0.15, 0.2) is 0 Å². The molecule has 1 atom stereocenters. The molecule has 0 aromatic rings. The van der Waals surface area contributed by atoms with Gasteiger partial charge >= 0.3 is 5.97 Å². The molecule has 1 aliphatic rings. The largest absolute Gasteiger partial charge is 0.480 e. The fraction of sp³-hybridized carbons (Fsp3) is 0.800. The summed E-state index contributed by atoms with van der Waals surface area (Å²) in [5, 5.41) is 8.92. The summed E-state index contributed by atoms with van der Waals surface area (Å²) in [6.07, 6.45) is 1.54. The zero-order valence-corrected chi connectivity index (χ0v) is 11.2. The van der Waals surface area contributed by atoms with Gasteiger partial charge in [0, 0.05) is 6.04 Å². The number of aliphatic carboxylic acids is 1. The van der Waals surface area contributed by atoms with E-state index in [-0.39, 0.29) is 18.3 Å². The van der Waals surface area contributed by atoms with Gasteiger partial charge < -0.3 is 10.0 Å². The standard InChI is InChI=1S/C10H18N2O5S/c1-3-18(16,17)11-6-9(13)12(8-4-5-8)7(2)10(14)15/h7-8,11H,3-6H2,1-2H3,(H,14,15). The zero-order chi connectivity index (χ0) is 13.9. The second kappa shape index (κ2) is 5.66. The Morgan fingerprint density at radius 1 is 1.44 bits per heavy atom. The molecule has 0 radical (unpaired) electrons. The maximum absolute atomic E-state index is 11.9. The molecule has 0 aromatic carbocycles. The molecule has 18 heavy (non-hydrogen) atoms. The molecule has 2 N–H and O–H groups in total. The third-order valence-corrected chi connectivity index (χ3v) is 4.17. The van der Waals surface area contributed by atoms with Crippen LogP contribution in [-0.2, 0) is 19.6 Å². The third-order valence-electron chi connectivity index (χ3n) is 2.83. The number of carbonyl (C=O) groups is 2. The summed E-state index contributed by atoms with van der Waals surface area (Å²) in [5.74, 6) is -1.70. The van der Waals surface area contributed by atoms with Crippen molar-refractivity contribution in [2.45, 2.75) is 38.8 Å². The molecule has 0 spiro atoms. The van der Waals surface area contributed by atoms with Crippen molar-refractivity contribution in [2.75, 3.05) is 12.3 Å². The highest BCUT2D eigenvalue weighted by Crippen LogP contribution is 2.28. The number of carboxylic acid groups (broad SMARTS) is 1. The monoisotopic (exact) mass is 278 g/mol. The van der Waals surface area contributed by atoms with Gasteiger partial charge in [0.25, 0.3) is 0 Å². The Kier molecular flexibility index (Phi) is 4.69. The molecule has 1 saturated carbocycles. The van der Waals surface area contributed by atoms with E-state index in [0.29, 0.717) is 0 Å². The summed E-state index contributed by atoms with van der Waals surface area (Å²) in [4.78, 5) is 24.0. The molecule has 104 valence electrons. The quantitative estimate of drug-likeness (QED) is 0.646. The van der Waals surface area contributed by atoms with Crippen LogP contribution in [0.2, 0.25) is 0 Å². The maximum Gasteiger partial charge on any atom is 0.326 e. The van der Waals surface area contributed by atoms with E-state index in [0.717, 1.165) is 12.8 Å². The fourth-order valence-corrected chi connectivity index (χ4v) is 2.12. The minimum Gasteiger partial charge on any atom is -0.480 e. The number of carboxylic acids is 1. The average Bonchev–Trinajstić information content (AvgIpc) is 3.11. The van der Waals surface area contributed by atoms with E-state index in [1.807, 2.05) is 0 Å². The number of nitrogens with zero attached hydrogens (tertiary/aromatic N) is 1. The smallest absolute Gasteiger partial charge is 0.326 e. The number of amides is 1. The number of hydrogen-bond donors (Lipinski definition) is 2.